The van der Waals surface area contributed by atoms with E-state index < -0.39 is 0 Å². The molecule has 5 rings (SSSR count). The summed E-state index contributed by atoms with van der Waals surface area (Å²) in [7, 11) is 0. The summed E-state index contributed by atoms with van der Waals surface area (Å²) in [4.78, 5) is 9.89. The molecule has 2 aromatic carbocycles. The maximum Gasteiger partial charge on any atom is 0.0596 e. The van der Waals surface area contributed by atoms with Gasteiger partial charge in [0.2, 0.25) is 0 Å². The fourth-order valence-corrected chi connectivity index (χ4v) is 5.09. The molecule has 1 aromatic heterocycles. The number of nitrogens with zero attached hydrogens (tertiary/aromatic N) is 3. The van der Waals surface area contributed by atoms with Crippen molar-refractivity contribution in [3.05, 3.63) is 94.8 Å². The third-order valence-corrected chi connectivity index (χ3v) is 7.11. The summed E-state index contributed by atoms with van der Waals surface area (Å²) in [6.45, 7) is 13.7. The Morgan fingerprint density at radius 1 is 0.886 bits per heavy atom. The van der Waals surface area contributed by atoms with Crippen LogP contribution in [0.25, 0.3) is 16.7 Å². The minimum Gasteiger partial charge on any atom is -0.377 e. The third-order valence-electron chi connectivity index (χ3n) is 7.11. The Morgan fingerprint density at radius 3 is 2.40 bits per heavy atom. The molecule has 0 radical (unpaired) electrons. The van der Waals surface area contributed by atoms with Crippen LogP contribution >= 0.6 is 0 Å². The quantitative estimate of drug-likeness (QED) is 0.432. The van der Waals surface area contributed by atoms with Crippen molar-refractivity contribution in [3.8, 4) is 11.1 Å². The van der Waals surface area contributed by atoms with E-state index in [-0.39, 0.29) is 0 Å². The highest BCUT2D eigenvalue weighted by Crippen LogP contribution is 2.34. The molecule has 4 heteroatoms. The number of benzene rings is 2. The monoisotopic (exact) mass is 467 g/mol. The van der Waals surface area contributed by atoms with E-state index in [0.29, 0.717) is 6.10 Å². The van der Waals surface area contributed by atoms with Crippen LogP contribution in [0.4, 0.5) is 0 Å². The highest BCUT2D eigenvalue weighted by atomic mass is 16.5. The van der Waals surface area contributed by atoms with Crippen LogP contribution < -0.4 is 0 Å². The molecular formula is C31H37N3O. The Labute approximate surface area is 210 Å². The van der Waals surface area contributed by atoms with Crippen LogP contribution in [0.5, 0.6) is 0 Å². The first kappa shape index (κ1) is 23.9. The number of rotatable bonds is 8. The summed E-state index contributed by atoms with van der Waals surface area (Å²) >= 11 is 0. The average Bonchev–Trinajstić information content (AvgIpc) is 3.29. The van der Waals surface area contributed by atoms with Gasteiger partial charge in [-0.25, -0.2) is 0 Å². The number of piperazine rings is 1. The zero-order valence-electron chi connectivity index (χ0n) is 21.3. The number of aromatic nitrogens is 1. The zero-order chi connectivity index (χ0) is 24.2. The Hall–Kier alpha value is -2.79. The van der Waals surface area contributed by atoms with Gasteiger partial charge in [0.1, 0.15) is 0 Å². The molecule has 4 nitrogen and oxygen atoms in total. The van der Waals surface area contributed by atoms with Gasteiger partial charge < -0.3 is 4.74 Å². The van der Waals surface area contributed by atoms with Crippen molar-refractivity contribution in [2.24, 2.45) is 0 Å². The number of pyridine rings is 1. The number of hydrogen-bond donors (Lipinski definition) is 0. The molecule has 1 saturated heterocycles. The first-order valence-corrected chi connectivity index (χ1v) is 13.0. The van der Waals surface area contributed by atoms with Gasteiger partial charge in [-0.1, -0.05) is 60.2 Å². The average molecular weight is 468 g/mol. The molecule has 0 N–H and O–H groups in total. The second-order valence-electron chi connectivity index (χ2n) is 10.1. The van der Waals surface area contributed by atoms with Crippen LogP contribution in [0.15, 0.2) is 66.9 Å². The molecule has 0 amide bonds. The number of allylic oxidation sites excluding steroid dienone is 1. The van der Waals surface area contributed by atoms with E-state index in [4.69, 9.17) is 9.72 Å². The molecule has 1 aliphatic carbocycles. The standard InChI is InChI=1S/C31H37N3O/c1-23(2)35-18-17-33-13-15-34(16-14-33)22-25-7-9-26(10-8-25)28-20-30-29(11-12-31(30)32-21-28)27-6-4-5-24(3)19-27/h4-11,19-21,23H,12-18,22H2,1-3H3. The minimum atomic E-state index is 0.318. The van der Waals surface area contributed by atoms with Gasteiger partial charge in [0.05, 0.1) is 18.4 Å². The van der Waals surface area contributed by atoms with Crippen molar-refractivity contribution in [2.45, 2.75) is 39.8 Å². The Balaban J connectivity index is 1.20. The topological polar surface area (TPSA) is 28.6 Å². The first-order chi connectivity index (χ1) is 17.0. The second-order valence-corrected chi connectivity index (χ2v) is 10.1. The fourth-order valence-electron chi connectivity index (χ4n) is 5.09. The van der Waals surface area contributed by atoms with Crippen LogP contribution in [0.1, 0.15) is 41.8 Å². The highest BCUT2D eigenvalue weighted by Gasteiger charge is 2.19. The van der Waals surface area contributed by atoms with Gasteiger partial charge >= 0.3 is 0 Å². The summed E-state index contributed by atoms with van der Waals surface area (Å²) in [5, 5.41) is 0. The number of fused-ring (bicyclic) bond motifs is 1. The lowest BCUT2D eigenvalue weighted by molar-refractivity contribution is 0.0437. The number of ether oxygens (including phenoxy) is 1. The lowest BCUT2D eigenvalue weighted by Gasteiger charge is -2.34. The van der Waals surface area contributed by atoms with Gasteiger partial charge in [-0.2, -0.15) is 0 Å². The molecule has 1 fully saturated rings. The van der Waals surface area contributed by atoms with E-state index in [2.05, 4.69) is 91.2 Å². The summed E-state index contributed by atoms with van der Waals surface area (Å²) in [6, 6.07) is 20.1. The maximum absolute atomic E-state index is 5.71. The SMILES string of the molecule is Cc1cccc(C2=CCc3ncc(-c4ccc(CN5CCN(CCOC(C)C)CC5)cc4)cc32)c1. The predicted molar refractivity (Wildman–Crippen MR) is 144 cm³/mol. The molecule has 1 aliphatic heterocycles. The molecule has 0 unspecified atom stereocenters. The van der Waals surface area contributed by atoms with Crippen LogP contribution in [0, 0.1) is 6.92 Å². The molecule has 2 aliphatic rings. The highest BCUT2D eigenvalue weighted by molar-refractivity contribution is 5.86. The van der Waals surface area contributed by atoms with Crippen LogP contribution in [-0.2, 0) is 17.7 Å². The maximum atomic E-state index is 5.71. The van der Waals surface area contributed by atoms with Crippen LogP contribution in [-0.4, -0.2) is 60.2 Å². The predicted octanol–water partition coefficient (Wildman–Crippen LogP) is 5.59. The molecule has 3 aromatic rings. The van der Waals surface area contributed by atoms with Gasteiger partial charge in [0.15, 0.2) is 0 Å². The molecule has 0 bridgehead atoms. The van der Waals surface area contributed by atoms with Crippen molar-refractivity contribution >= 4 is 5.57 Å². The van der Waals surface area contributed by atoms with Crippen LogP contribution in [0.2, 0.25) is 0 Å². The van der Waals surface area contributed by atoms with E-state index in [1.165, 1.54) is 44.6 Å². The molecule has 2 heterocycles. The van der Waals surface area contributed by atoms with Crippen molar-refractivity contribution in [1.29, 1.82) is 0 Å². The van der Waals surface area contributed by atoms with Gasteiger partial charge in [-0.3, -0.25) is 14.8 Å². The number of hydrogen-bond acceptors (Lipinski definition) is 4. The smallest absolute Gasteiger partial charge is 0.0596 e. The summed E-state index contributed by atoms with van der Waals surface area (Å²) in [6.07, 6.45) is 5.58. The van der Waals surface area contributed by atoms with Crippen molar-refractivity contribution < 1.29 is 4.74 Å². The third kappa shape index (κ3) is 5.90. The summed E-state index contributed by atoms with van der Waals surface area (Å²) in [5.74, 6) is 0. The van der Waals surface area contributed by atoms with E-state index in [1.54, 1.807) is 0 Å². The Kier molecular flexibility index (Phi) is 7.43. The van der Waals surface area contributed by atoms with Crippen molar-refractivity contribution in [3.63, 3.8) is 0 Å². The normalized spacial score (nSPS) is 16.5. The largest absolute Gasteiger partial charge is 0.377 e. The molecule has 35 heavy (non-hydrogen) atoms. The Bertz CT molecular complexity index is 1170. The van der Waals surface area contributed by atoms with Gasteiger partial charge in [0.25, 0.3) is 0 Å². The summed E-state index contributed by atoms with van der Waals surface area (Å²) in [5.41, 5.74) is 10.1. The lowest BCUT2D eigenvalue weighted by Crippen LogP contribution is -2.46. The number of aryl methyl sites for hydroxylation is 1. The van der Waals surface area contributed by atoms with E-state index >= 15 is 0 Å². The van der Waals surface area contributed by atoms with Gasteiger partial charge in [-0.05, 0) is 49.1 Å². The van der Waals surface area contributed by atoms with Crippen LogP contribution in [0.3, 0.4) is 0 Å². The minimum absolute atomic E-state index is 0.318. The molecule has 0 spiro atoms. The van der Waals surface area contributed by atoms with E-state index in [1.807, 2.05) is 6.20 Å². The molecule has 0 atom stereocenters. The fraction of sp³-hybridized carbons (Fsp3) is 0.387. The van der Waals surface area contributed by atoms with Gasteiger partial charge in [-0.15, -0.1) is 0 Å². The Morgan fingerprint density at radius 2 is 1.66 bits per heavy atom. The molecule has 182 valence electrons. The van der Waals surface area contributed by atoms with Crippen molar-refractivity contribution in [2.75, 3.05) is 39.3 Å². The van der Waals surface area contributed by atoms with E-state index in [0.717, 1.165) is 52.3 Å². The van der Waals surface area contributed by atoms with Gasteiger partial charge in [0, 0.05) is 63.0 Å². The van der Waals surface area contributed by atoms with E-state index in [9.17, 15) is 0 Å². The molecular weight excluding hydrogens is 430 g/mol. The zero-order valence-corrected chi connectivity index (χ0v) is 21.3. The second kappa shape index (κ2) is 10.9. The first-order valence-electron chi connectivity index (χ1n) is 13.0. The molecule has 0 saturated carbocycles. The summed E-state index contributed by atoms with van der Waals surface area (Å²) < 4.78 is 5.71. The van der Waals surface area contributed by atoms with Crippen molar-refractivity contribution in [1.82, 2.24) is 14.8 Å². The lowest BCUT2D eigenvalue weighted by atomic mass is 9.96.